The molecule has 2 aromatic heterocycles. The highest BCUT2D eigenvalue weighted by atomic mass is 32.2. The lowest BCUT2D eigenvalue weighted by atomic mass is 10.1. The largest absolute Gasteiger partial charge is 0.380 e. The molecule has 30 heavy (non-hydrogen) atoms. The number of hydrogen-bond acceptors (Lipinski definition) is 7. The van der Waals surface area contributed by atoms with Crippen LogP contribution in [0.1, 0.15) is 18.1 Å². The number of carbonyl (C=O) groups is 1. The quantitative estimate of drug-likeness (QED) is 0.275. The van der Waals surface area contributed by atoms with E-state index >= 15 is 0 Å². The van der Waals surface area contributed by atoms with Crippen LogP contribution in [0.2, 0.25) is 0 Å². The van der Waals surface area contributed by atoms with Gasteiger partial charge in [0.05, 0.1) is 31.2 Å². The molecular weight excluding hydrogens is 400 g/mol. The summed E-state index contributed by atoms with van der Waals surface area (Å²) in [6, 6.07) is 7.99. The van der Waals surface area contributed by atoms with E-state index in [1.807, 2.05) is 44.4 Å². The Morgan fingerprint density at radius 3 is 2.90 bits per heavy atom. The first-order valence-electron chi connectivity index (χ1n) is 10.0. The molecule has 0 saturated carbocycles. The summed E-state index contributed by atoms with van der Waals surface area (Å²) in [5.74, 6) is 0.744. The summed E-state index contributed by atoms with van der Waals surface area (Å²) in [4.78, 5) is 21.4. The van der Waals surface area contributed by atoms with Crippen molar-refractivity contribution in [1.82, 2.24) is 25.1 Å². The lowest BCUT2D eigenvalue weighted by molar-refractivity contribution is -0.120. The summed E-state index contributed by atoms with van der Waals surface area (Å²) in [6.45, 7) is 6.96. The molecule has 3 rings (SSSR count). The fraction of sp³-hybridized carbons (Fsp3) is 0.429. The summed E-state index contributed by atoms with van der Waals surface area (Å²) in [5.41, 5.74) is 2.91. The number of fused-ring (bicyclic) bond motifs is 1. The number of benzene rings is 1. The number of thioether (sulfide) groups is 1. The van der Waals surface area contributed by atoms with E-state index in [0.29, 0.717) is 44.4 Å². The highest BCUT2D eigenvalue weighted by Gasteiger charge is 2.13. The Kier molecular flexibility index (Phi) is 8.04. The van der Waals surface area contributed by atoms with Crippen LogP contribution in [0.25, 0.3) is 11.0 Å². The van der Waals surface area contributed by atoms with Gasteiger partial charge in [0.25, 0.3) is 0 Å². The maximum atomic E-state index is 12.3. The van der Waals surface area contributed by atoms with Crippen molar-refractivity contribution >= 4 is 34.5 Å². The Morgan fingerprint density at radius 2 is 2.13 bits per heavy atom. The van der Waals surface area contributed by atoms with Gasteiger partial charge in [-0.25, -0.2) is 14.6 Å². The van der Waals surface area contributed by atoms with E-state index in [4.69, 9.17) is 4.74 Å². The Labute approximate surface area is 180 Å². The molecule has 2 N–H and O–H groups in total. The predicted octanol–water partition coefficient (Wildman–Crippen LogP) is 2.66. The normalized spacial score (nSPS) is 11.0. The molecule has 0 spiro atoms. The summed E-state index contributed by atoms with van der Waals surface area (Å²) in [5, 5.41) is 12.2. The number of rotatable bonds is 11. The zero-order valence-corrected chi connectivity index (χ0v) is 18.5. The number of nitrogens with one attached hydrogen (secondary N) is 2. The molecule has 0 fully saturated rings. The number of nitrogens with zero attached hydrogens (tertiary/aromatic N) is 4. The molecule has 0 atom stereocenters. The molecule has 0 aliphatic rings. The van der Waals surface area contributed by atoms with Crippen molar-refractivity contribution in [3.05, 3.63) is 41.6 Å². The number of anilines is 1. The van der Waals surface area contributed by atoms with E-state index in [2.05, 4.69) is 25.7 Å². The minimum absolute atomic E-state index is 0.00484. The fourth-order valence-electron chi connectivity index (χ4n) is 3.08. The van der Waals surface area contributed by atoms with Crippen molar-refractivity contribution < 1.29 is 9.53 Å². The van der Waals surface area contributed by atoms with E-state index in [1.165, 1.54) is 11.8 Å². The highest BCUT2D eigenvalue weighted by Crippen LogP contribution is 2.23. The van der Waals surface area contributed by atoms with Crippen LogP contribution >= 0.6 is 11.8 Å². The second-order valence-corrected chi connectivity index (χ2v) is 7.58. The molecule has 0 bridgehead atoms. The number of carbonyl (C=O) groups excluding carboxylic acids is 1. The van der Waals surface area contributed by atoms with Crippen LogP contribution < -0.4 is 10.6 Å². The second kappa shape index (κ2) is 10.9. The third-order valence-electron chi connectivity index (χ3n) is 4.49. The first kappa shape index (κ1) is 22.0. The minimum Gasteiger partial charge on any atom is -0.380 e. The van der Waals surface area contributed by atoms with Crippen molar-refractivity contribution in [3.8, 4) is 0 Å². The average Bonchev–Trinajstić information content (AvgIpc) is 3.14. The molecule has 0 unspecified atom stereocenters. The van der Waals surface area contributed by atoms with Crippen LogP contribution in [-0.2, 0) is 22.5 Å². The molecule has 0 saturated heterocycles. The van der Waals surface area contributed by atoms with Crippen LogP contribution in [0.15, 0.2) is 35.6 Å². The lowest BCUT2D eigenvalue weighted by Crippen LogP contribution is -2.29. The third-order valence-corrected chi connectivity index (χ3v) is 5.04. The minimum atomic E-state index is -0.00484. The maximum Gasteiger partial charge on any atom is 0.224 e. The number of hydrogen-bond donors (Lipinski definition) is 2. The molecule has 1 aromatic carbocycles. The van der Waals surface area contributed by atoms with E-state index in [-0.39, 0.29) is 5.91 Å². The van der Waals surface area contributed by atoms with Gasteiger partial charge in [0.1, 0.15) is 5.82 Å². The van der Waals surface area contributed by atoms with Crippen LogP contribution in [0.4, 0.5) is 5.82 Å². The number of amides is 1. The fourth-order valence-corrected chi connectivity index (χ4v) is 3.44. The third kappa shape index (κ3) is 5.93. The molecule has 0 aliphatic heterocycles. The SMILES string of the molecule is CCOCCNc1nc(SC)nc2c1cnn2CCNC(=O)Cc1cccc(C)c1. The van der Waals surface area contributed by atoms with Gasteiger partial charge in [0.15, 0.2) is 10.8 Å². The molecular formula is C21H28N6O2S. The summed E-state index contributed by atoms with van der Waals surface area (Å²) < 4.78 is 7.18. The van der Waals surface area contributed by atoms with Gasteiger partial charge in [-0.2, -0.15) is 5.10 Å². The van der Waals surface area contributed by atoms with E-state index in [1.54, 1.807) is 10.9 Å². The average molecular weight is 429 g/mol. The van der Waals surface area contributed by atoms with Gasteiger partial charge < -0.3 is 15.4 Å². The van der Waals surface area contributed by atoms with E-state index in [9.17, 15) is 4.79 Å². The van der Waals surface area contributed by atoms with Gasteiger partial charge in [-0.05, 0) is 25.7 Å². The van der Waals surface area contributed by atoms with Crippen LogP contribution in [-0.4, -0.2) is 58.2 Å². The van der Waals surface area contributed by atoms with Crippen LogP contribution in [0, 0.1) is 6.92 Å². The van der Waals surface area contributed by atoms with E-state index in [0.717, 1.165) is 28.0 Å². The molecule has 0 aliphatic carbocycles. The predicted molar refractivity (Wildman–Crippen MR) is 120 cm³/mol. The molecule has 3 aromatic rings. The summed E-state index contributed by atoms with van der Waals surface area (Å²) in [6.07, 6.45) is 4.07. The van der Waals surface area contributed by atoms with Gasteiger partial charge in [-0.3, -0.25) is 4.79 Å². The Morgan fingerprint density at radius 1 is 1.27 bits per heavy atom. The molecule has 9 heteroatoms. The first-order chi connectivity index (χ1) is 14.6. The zero-order valence-electron chi connectivity index (χ0n) is 17.6. The van der Waals surface area contributed by atoms with Crippen molar-refractivity contribution in [2.75, 3.05) is 37.9 Å². The van der Waals surface area contributed by atoms with Gasteiger partial charge in [0, 0.05) is 19.7 Å². The monoisotopic (exact) mass is 428 g/mol. The molecule has 1 amide bonds. The topological polar surface area (TPSA) is 94.0 Å². The second-order valence-electron chi connectivity index (χ2n) is 6.80. The summed E-state index contributed by atoms with van der Waals surface area (Å²) in [7, 11) is 0. The number of aromatic nitrogens is 4. The van der Waals surface area contributed by atoms with Gasteiger partial charge >= 0.3 is 0 Å². The Hall–Kier alpha value is -2.65. The smallest absolute Gasteiger partial charge is 0.224 e. The molecule has 2 heterocycles. The van der Waals surface area contributed by atoms with Crippen molar-refractivity contribution in [2.45, 2.75) is 32.0 Å². The summed E-state index contributed by atoms with van der Waals surface area (Å²) >= 11 is 1.48. The number of aryl methyl sites for hydroxylation is 1. The Balaban J connectivity index is 1.62. The molecule has 0 radical (unpaired) electrons. The first-order valence-corrected chi connectivity index (χ1v) is 11.2. The van der Waals surface area contributed by atoms with Crippen molar-refractivity contribution in [3.63, 3.8) is 0 Å². The highest BCUT2D eigenvalue weighted by molar-refractivity contribution is 7.98. The number of ether oxygens (including phenoxy) is 1. The standard InChI is InChI=1S/C21H28N6O2S/c1-4-29-11-9-23-19-17-14-24-27(20(17)26-21(25-19)30-3)10-8-22-18(28)13-16-7-5-6-15(2)12-16/h5-7,12,14H,4,8-11,13H2,1-3H3,(H,22,28)(H,23,25,26). The van der Waals surface area contributed by atoms with Gasteiger partial charge in [-0.15, -0.1) is 0 Å². The van der Waals surface area contributed by atoms with Crippen molar-refractivity contribution in [1.29, 1.82) is 0 Å². The molecule has 160 valence electrons. The van der Waals surface area contributed by atoms with Crippen LogP contribution in [0.3, 0.4) is 0 Å². The maximum absolute atomic E-state index is 12.3. The molecule has 8 nitrogen and oxygen atoms in total. The van der Waals surface area contributed by atoms with Gasteiger partial charge in [-0.1, -0.05) is 41.6 Å². The Bertz CT molecular complexity index is 991. The van der Waals surface area contributed by atoms with E-state index < -0.39 is 0 Å². The van der Waals surface area contributed by atoms with Crippen molar-refractivity contribution in [2.24, 2.45) is 0 Å². The zero-order chi connectivity index (χ0) is 21.3. The van der Waals surface area contributed by atoms with Crippen LogP contribution in [0.5, 0.6) is 0 Å². The lowest BCUT2D eigenvalue weighted by Gasteiger charge is -2.09. The van der Waals surface area contributed by atoms with Gasteiger partial charge in [0.2, 0.25) is 5.91 Å².